The molecule has 0 aliphatic heterocycles. The van der Waals surface area contributed by atoms with Crippen molar-refractivity contribution in [3.8, 4) is 6.07 Å². The van der Waals surface area contributed by atoms with Crippen LogP contribution in [-0.4, -0.2) is 11.9 Å². The summed E-state index contributed by atoms with van der Waals surface area (Å²) in [5, 5.41) is 8.36. The molecule has 0 bridgehead atoms. The van der Waals surface area contributed by atoms with Crippen molar-refractivity contribution in [3.63, 3.8) is 0 Å². The van der Waals surface area contributed by atoms with Crippen molar-refractivity contribution in [1.82, 2.24) is 0 Å². The van der Waals surface area contributed by atoms with Gasteiger partial charge in [0.05, 0.1) is 6.07 Å². The number of rotatable bonds is 3. The zero-order chi connectivity index (χ0) is 11.3. The van der Waals surface area contributed by atoms with Gasteiger partial charge < -0.3 is 0 Å². The lowest BCUT2D eigenvalue weighted by molar-refractivity contribution is -0.152. The van der Waals surface area contributed by atoms with Crippen molar-refractivity contribution in [2.45, 2.75) is 11.1 Å². The van der Waals surface area contributed by atoms with E-state index < -0.39 is 12.1 Å². The van der Waals surface area contributed by atoms with Gasteiger partial charge in [0.15, 0.2) is 5.92 Å². The van der Waals surface area contributed by atoms with Gasteiger partial charge in [-0.25, -0.2) is 0 Å². The lowest BCUT2D eigenvalue weighted by Gasteiger charge is -2.12. The number of nitriles is 1. The highest BCUT2D eigenvalue weighted by Gasteiger charge is 2.39. The fraction of sp³-hybridized carbons (Fsp3) is 0.300. The highest BCUT2D eigenvalue weighted by atomic mass is 32.2. The summed E-state index contributed by atoms with van der Waals surface area (Å²) < 4.78 is 36.6. The molecule has 0 radical (unpaired) electrons. The quantitative estimate of drug-likeness (QED) is 0.743. The molecule has 1 atom stereocenters. The standard InChI is InChI=1S/C10H8F3NS/c11-10(12,13)8(6-14)7-15-9-4-2-1-3-5-9/h1-5,8H,7H2. The van der Waals surface area contributed by atoms with Crippen molar-refractivity contribution in [2.24, 2.45) is 5.92 Å². The van der Waals surface area contributed by atoms with Crippen LogP contribution in [0, 0.1) is 17.2 Å². The molecule has 0 amide bonds. The predicted molar refractivity (Wildman–Crippen MR) is 52.3 cm³/mol. The molecule has 0 aromatic heterocycles. The highest BCUT2D eigenvalue weighted by Crippen LogP contribution is 2.30. The van der Waals surface area contributed by atoms with E-state index in [1.807, 2.05) is 0 Å². The first-order valence-corrected chi connectivity index (χ1v) is 5.17. The number of benzene rings is 1. The van der Waals surface area contributed by atoms with E-state index >= 15 is 0 Å². The molecule has 0 saturated carbocycles. The summed E-state index contributed by atoms with van der Waals surface area (Å²) in [6.45, 7) is 0. The SMILES string of the molecule is N#CC(CSc1ccccc1)C(F)(F)F. The molecule has 0 saturated heterocycles. The van der Waals surface area contributed by atoms with E-state index in [1.54, 1.807) is 30.3 Å². The number of thioether (sulfide) groups is 1. The number of halogens is 3. The van der Waals surface area contributed by atoms with Crippen LogP contribution in [0.5, 0.6) is 0 Å². The lowest BCUT2D eigenvalue weighted by Crippen LogP contribution is -2.23. The molecule has 5 heteroatoms. The van der Waals surface area contributed by atoms with Crippen molar-refractivity contribution < 1.29 is 13.2 Å². The maximum Gasteiger partial charge on any atom is 0.405 e. The highest BCUT2D eigenvalue weighted by molar-refractivity contribution is 7.99. The largest absolute Gasteiger partial charge is 0.405 e. The van der Waals surface area contributed by atoms with Gasteiger partial charge in [0.2, 0.25) is 0 Å². The molecule has 1 unspecified atom stereocenters. The Hall–Kier alpha value is -1.15. The maximum absolute atomic E-state index is 12.2. The summed E-state index contributed by atoms with van der Waals surface area (Å²) in [6, 6.07) is 9.98. The Bertz CT molecular complexity index is 342. The van der Waals surface area contributed by atoms with E-state index in [9.17, 15) is 13.2 Å². The number of alkyl halides is 3. The number of hydrogen-bond donors (Lipinski definition) is 0. The first kappa shape index (κ1) is 11.9. The minimum Gasteiger partial charge on any atom is -0.198 e. The normalized spacial score (nSPS) is 13.2. The minimum absolute atomic E-state index is 0.260. The van der Waals surface area contributed by atoms with Gasteiger partial charge in [0.25, 0.3) is 0 Å². The lowest BCUT2D eigenvalue weighted by atomic mass is 10.2. The van der Waals surface area contributed by atoms with Crippen LogP contribution in [-0.2, 0) is 0 Å². The molecule has 0 heterocycles. The first-order valence-electron chi connectivity index (χ1n) is 4.18. The van der Waals surface area contributed by atoms with Gasteiger partial charge in [-0.2, -0.15) is 18.4 Å². The molecule has 0 aliphatic carbocycles. The van der Waals surface area contributed by atoms with Crippen molar-refractivity contribution in [2.75, 3.05) is 5.75 Å². The van der Waals surface area contributed by atoms with Gasteiger partial charge in [-0.15, -0.1) is 11.8 Å². The fourth-order valence-corrected chi connectivity index (χ4v) is 1.87. The molecule has 0 N–H and O–H groups in total. The molecule has 1 aromatic rings. The second-order valence-corrected chi connectivity index (χ2v) is 3.94. The van der Waals surface area contributed by atoms with Crippen LogP contribution in [0.1, 0.15) is 0 Å². The van der Waals surface area contributed by atoms with Crippen molar-refractivity contribution in [1.29, 1.82) is 5.26 Å². The average Bonchev–Trinajstić information content (AvgIpc) is 2.18. The molecule has 80 valence electrons. The second kappa shape index (κ2) is 5.08. The third-order valence-corrected chi connectivity index (χ3v) is 2.82. The predicted octanol–water partition coefficient (Wildman–Crippen LogP) is 3.48. The van der Waals surface area contributed by atoms with Crippen LogP contribution in [0.25, 0.3) is 0 Å². The Labute approximate surface area is 89.9 Å². The van der Waals surface area contributed by atoms with Crippen LogP contribution in [0.2, 0.25) is 0 Å². The zero-order valence-corrected chi connectivity index (χ0v) is 8.48. The maximum atomic E-state index is 12.2. The summed E-state index contributed by atoms with van der Waals surface area (Å²) in [7, 11) is 0. The summed E-state index contributed by atoms with van der Waals surface area (Å²) in [6.07, 6.45) is -4.43. The van der Waals surface area contributed by atoms with Crippen LogP contribution in [0.15, 0.2) is 35.2 Å². The molecular formula is C10H8F3NS. The molecular weight excluding hydrogens is 223 g/mol. The van der Waals surface area contributed by atoms with Gasteiger partial charge in [-0.1, -0.05) is 18.2 Å². The Kier molecular flexibility index (Phi) is 4.04. The number of nitrogens with zero attached hydrogens (tertiary/aromatic N) is 1. The van der Waals surface area contributed by atoms with Crippen LogP contribution < -0.4 is 0 Å². The van der Waals surface area contributed by atoms with Crippen LogP contribution in [0.4, 0.5) is 13.2 Å². The smallest absolute Gasteiger partial charge is 0.198 e. The van der Waals surface area contributed by atoms with E-state index in [1.165, 1.54) is 6.07 Å². The molecule has 1 nitrogen and oxygen atoms in total. The van der Waals surface area contributed by atoms with E-state index in [4.69, 9.17) is 5.26 Å². The van der Waals surface area contributed by atoms with Gasteiger partial charge in [-0.3, -0.25) is 0 Å². The van der Waals surface area contributed by atoms with Gasteiger partial charge in [-0.05, 0) is 12.1 Å². The van der Waals surface area contributed by atoms with Gasteiger partial charge >= 0.3 is 6.18 Å². The third-order valence-electron chi connectivity index (χ3n) is 1.71. The molecule has 1 rings (SSSR count). The van der Waals surface area contributed by atoms with Crippen LogP contribution >= 0.6 is 11.8 Å². The Morgan fingerprint density at radius 3 is 2.33 bits per heavy atom. The second-order valence-electron chi connectivity index (χ2n) is 2.85. The van der Waals surface area contributed by atoms with Gasteiger partial charge in [0.1, 0.15) is 0 Å². The summed E-state index contributed by atoms with van der Waals surface area (Å²) in [4.78, 5) is 0.738. The zero-order valence-electron chi connectivity index (χ0n) is 7.66. The number of hydrogen-bond acceptors (Lipinski definition) is 2. The Morgan fingerprint density at radius 1 is 1.27 bits per heavy atom. The Balaban J connectivity index is 2.54. The summed E-state index contributed by atoms with van der Waals surface area (Å²) >= 11 is 1.04. The van der Waals surface area contributed by atoms with Crippen LogP contribution in [0.3, 0.4) is 0 Å². The molecule has 0 fully saturated rings. The molecule has 15 heavy (non-hydrogen) atoms. The topological polar surface area (TPSA) is 23.8 Å². The van der Waals surface area contributed by atoms with E-state index in [0.29, 0.717) is 0 Å². The van der Waals surface area contributed by atoms with Crippen molar-refractivity contribution in [3.05, 3.63) is 30.3 Å². The van der Waals surface area contributed by atoms with E-state index in [-0.39, 0.29) is 5.75 Å². The van der Waals surface area contributed by atoms with E-state index in [2.05, 4.69) is 0 Å². The summed E-state index contributed by atoms with van der Waals surface area (Å²) in [5.41, 5.74) is 0. The minimum atomic E-state index is -4.43. The average molecular weight is 231 g/mol. The fourth-order valence-electron chi connectivity index (χ4n) is 0.901. The molecule has 1 aromatic carbocycles. The first-order chi connectivity index (χ1) is 7.04. The summed E-state index contributed by atoms with van der Waals surface area (Å²) in [5.74, 6) is -2.16. The third kappa shape index (κ3) is 3.84. The Morgan fingerprint density at radius 2 is 1.87 bits per heavy atom. The molecule has 0 spiro atoms. The van der Waals surface area contributed by atoms with E-state index in [0.717, 1.165) is 16.7 Å². The molecule has 0 aliphatic rings. The van der Waals surface area contributed by atoms with Crippen molar-refractivity contribution >= 4 is 11.8 Å². The van der Waals surface area contributed by atoms with Gasteiger partial charge in [0, 0.05) is 10.6 Å². The monoisotopic (exact) mass is 231 g/mol.